The first kappa shape index (κ1) is 15.9. The van der Waals surface area contributed by atoms with Gasteiger partial charge in [-0.3, -0.25) is 0 Å². The molecule has 1 amide bonds. The van der Waals surface area contributed by atoms with E-state index in [1.807, 2.05) is 12.1 Å². The Morgan fingerprint density at radius 2 is 1.77 bits per heavy atom. The maximum Gasteiger partial charge on any atom is 0.414 e. The van der Waals surface area contributed by atoms with Crippen LogP contribution in [-0.4, -0.2) is 35.1 Å². The minimum atomic E-state index is -0.456. The van der Waals surface area contributed by atoms with Gasteiger partial charge in [-0.05, 0) is 11.0 Å². The third-order valence-corrected chi connectivity index (χ3v) is 3.27. The molecule has 22 heavy (non-hydrogen) atoms. The largest absolute Gasteiger partial charge is 0.414 e. The predicted octanol–water partition coefficient (Wildman–Crippen LogP) is 3.50. The van der Waals surface area contributed by atoms with Crippen LogP contribution >= 0.6 is 0 Å². The highest BCUT2D eigenvalue weighted by molar-refractivity contribution is 5.74. The number of ether oxygens (including phenoxy) is 1. The summed E-state index contributed by atoms with van der Waals surface area (Å²) in [5.74, 6) is 0.352. The van der Waals surface area contributed by atoms with Gasteiger partial charge in [-0.2, -0.15) is 0 Å². The van der Waals surface area contributed by atoms with Crippen LogP contribution in [0.25, 0.3) is 11.3 Å². The minimum Gasteiger partial charge on any atom is -0.406 e. The van der Waals surface area contributed by atoms with Crippen LogP contribution in [0.4, 0.5) is 4.79 Å². The van der Waals surface area contributed by atoms with Crippen molar-refractivity contribution in [2.75, 3.05) is 14.1 Å². The van der Waals surface area contributed by atoms with Crippen LogP contribution in [-0.2, 0) is 5.41 Å². The summed E-state index contributed by atoms with van der Waals surface area (Å²) in [5.41, 5.74) is 2.81. The molecule has 0 fully saturated rings. The van der Waals surface area contributed by atoms with Crippen LogP contribution < -0.4 is 4.74 Å². The first-order valence-corrected chi connectivity index (χ1v) is 7.09. The summed E-state index contributed by atoms with van der Waals surface area (Å²) >= 11 is 0. The van der Waals surface area contributed by atoms with Crippen LogP contribution in [0.5, 0.6) is 5.75 Å². The van der Waals surface area contributed by atoms with Crippen molar-refractivity contribution in [3.8, 4) is 17.0 Å². The van der Waals surface area contributed by atoms with Crippen molar-refractivity contribution in [1.29, 1.82) is 0 Å². The second kappa shape index (κ2) is 6.13. The Bertz CT molecular complexity index is 658. The van der Waals surface area contributed by atoms with Crippen LogP contribution in [0, 0.1) is 0 Å². The van der Waals surface area contributed by atoms with E-state index in [0.29, 0.717) is 11.4 Å². The highest BCUT2D eigenvalue weighted by Crippen LogP contribution is 2.29. The SMILES string of the molecule is CN(C)C(=O)Oc1cncnc1-c1ccc(C(C)(C)C)cc1. The zero-order valence-electron chi connectivity index (χ0n) is 13.6. The summed E-state index contributed by atoms with van der Waals surface area (Å²) in [7, 11) is 3.26. The van der Waals surface area contributed by atoms with Gasteiger partial charge in [-0.1, -0.05) is 45.0 Å². The Labute approximate surface area is 131 Å². The number of amides is 1. The monoisotopic (exact) mass is 299 g/mol. The molecular formula is C17H21N3O2. The van der Waals surface area contributed by atoms with Gasteiger partial charge >= 0.3 is 6.09 Å². The van der Waals surface area contributed by atoms with Crippen molar-refractivity contribution in [1.82, 2.24) is 14.9 Å². The van der Waals surface area contributed by atoms with E-state index in [2.05, 4.69) is 42.9 Å². The maximum absolute atomic E-state index is 11.7. The number of carbonyl (C=O) groups excluding carboxylic acids is 1. The lowest BCUT2D eigenvalue weighted by atomic mass is 9.86. The van der Waals surface area contributed by atoms with E-state index in [0.717, 1.165) is 5.56 Å². The Morgan fingerprint density at radius 3 is 2.32 bits per heavy atom. The fraction of sp³-hybridized carbons (Fsp3) is 0.353. The third kappa shape index (κ3) is 3.61. The molecule has 0 saturated carbocycles. The van der Waals surface area contributed by atoms with E-state index in [-0.39, 0.29) is 5.41 Å². The molecule has 0 saturated heterocycles. The van der Waals surface area contributed by atoms with Crippen molar-refractivity contribution in [2.45, 2.75) is 26.2 Å². The van der Waals surface area contributed by atoms with Crippen molar-refractivity contribution >= 4 is 6.09 Å². The third-order valence-electron chi connectivity index (χ3n) is 3.27. The summed E-state index contributed by atoms with van der Waals surface area (Å²) in [5, 5.41) is 0. The molecule has 1 heterocycles. The minimum absolute atomic E-state index is 0.0877. The molecule has 0 radical (unpaired) electrons. The fourth-order valence-electron chi connectivity index (χ4n) is 1.92. The van der Waals surface area contributed by atoms with Crippen LogP contribution in [0.15, 0.2) is 36.8 Å². The highest BCUT2D eigenvalue weighted by Gasteiger charge is 2.16. The lowest BCUT2D eigenvalue weighted by molar-refractivity contribution is 0.172. The van der Waals surface area contributed by atoms with Gasteiger partial charge in [0.25, 0.3) is 0 Å². The van der Waals surface area contributed by atoms with E-state index in [1.165, 1.54) is 23.0 Å². The van der Waals surface area contributed by atoms with Gasteiger partial charge in [0.15, 0.2) is 5.75 Å². The van der Waals surface area contributed by atoms with Crippen LogP contribution in [0.3, 0.4) is 0 Å². The van der Waals surface area contributed by atoms with E-state index >= 15 is 0 Å². The van der Waals surface area contributed by atoms with Gasteiger partial charge in [-0.15, -0.1) is 0 Å². The zero-order valence-corrected chi connectivity index (χ0v) is 13.6. The molecule has 0 N–H and O–H groups in total. The molecule has 5 heteroatoms. The predicted molar refractivity (Wildman–Crippen MR) is 85.9 cm³/mol. The molecule has 2 aromatic rings. The van der Waals surface area contributed by atoms with Gasteiger partial charge in [0.1, 0.15) is 12.0 Å². The lowest BCUT2D eigenvalue weighted by Gasteiger charge is -2.19. The molecule has 0 aliphatic heterocycles. The second-order valence-corrected chi connectivity index (χ2v) is 6.33. The lowest BCUT2D eigenvalue weighted by Crippen LogP contribution is -2.25. The summed E-state index contributed by atoms with van der Waals surface area (Å²) in [6.45, 7) is 6.49. The molecule has 0 aliphatic rings. The molecule has 0 bridgehead atoms. The summed E-state index contributed by atoms with van der Waals surface area (Å²) < 4.78 is 5.32. The Hall–Kier alpha value is -2.43. The number of hydrogen-bond donors (Lipinski definition) is 0. The number of aromatic nitrogens is 2. The quantitative estimate of drug-likeness (QED) is 0.851. The highest BCUT2D eigenvalue weighted by atomic mass is 16.6. The number of hydrogen-bond acceptors (Lipinski definition) is 4. The molecule has 5 nitrogen and oxygen atoms in total. The van der Waals surface area contributed by atoms with Crippen molar-refractivity contribution < 1.29 is 9.53 Å². The average Bonchev–Trinajstić information content (AvgIpc) is 2.47. The normalized spacial score (nSPS) is 11.1. The molecule has 1 aromatic heterocycles. The molecule has 2 rings (SSSR count). The van der Waals surface area contributed by atoms with Crippen LogP contribution in [0.1, 0.15) is 26.3 Å². The van der Waals surface area contributed by atoms with Crippen molar-refractivity contribution in [3.05, 3.63) is 42.4 Å². The van der Waals surface area contributed by atoms with Gasteiger partial charge in [0.2, 0.25) is 0 Å². The van der Waals surface area contributed by atoms with Crippen LogP contribution in [0.2, 0.25) is 0 Å². The maximum atomic E-state index is 11.7. The molecule has 0 aliphatic carbocycles. The fourth-order valence-corrected chi connectivity index (χ4v) is 1.92. The van der Waals surface area contributed by atoms with Gasteiger partial charge in [0, 0.05) is 19.7 Å². The molecule has 1 aromatic carbocycles. The molecule has 0 atom stereocenters. The van der Waals surface area contributed by atoms with E-state index in [1.54, 1.807) is 14.1 Å². The second-order valence-electron chi connectivity index (χ2n) is 6.33. The van der Waals surface area contributed by atoms with Gasteiger partial charge < -0.3 is 9.64 Å². The average molecular weight is 299 g/mol. The molecule has 116 valence electrons. The van der Waals surface area contributed by atoms with E-state index in [4.69, 9.17) is 4.74 Å². The van der Waals surface area contributed by atoms with E-state index in [9.17, 15) is 4.79 Å². The topological polar surface area (TPSA) is 55.3 Å². The first-order chi connectivity index (χ1) is 10.3. The number of carbonyl (C=O) groups is 1. The van der Waals surface area contributed by atoms with Gasteiger partial charge in [-0.25, -0.2) is 14.8 Å². The molecule has 0 unspecified atom stereocenters. The zero-order chi connectivity index (χ0) is 16.3. The number of rotatable bonds is 2. The van der Waals surface area contributed by atoms with Crippen molar-refractivity contribution in [2.24, 2.45) is 0 Å². The summed E-state index contributed by atoms with van der Waals surface area (Å²) in [4.78, 5) is 21.3. The van der Waals surface area contributed by atoms with Crippen molar-refractivity contribution in [3.63, 3.8) is 0 Å². The van der Waals surface area contributed by atoms with Gasteiger partial charge in [0.05, 0.1) is 6.20 Å². The molecular weight excluding hydrogens is 278 g/mol. The summed E-state index contributed by atoms with van der Waals surface area (Å²) in [6, 6.07) is 8.09. The van der Waals surface area contributed by atoms with E-state index < -0.39 is 6.09 Å². The first-order valence-electron chi connectivity index (χ1n) is 7.09. The number of nitrogens with zero attached hydrogens (tertiary/aromatic N) is 3. The Balaban J connectivity index is 2.35. The Kier molecular flexibility index (Phi) is 4.45. The standard InChI is InChI=1S/C17H21N3O2/c1-17(2,3)13-8-6-12(7-9-13)15-14(10-18-11-19-15)22-16(21)20(4)5/h6-11H,1-5H3. The smallest absolute Gasteiger partial charge is 0.406 e. The molecule has 0 spiro atoms. The summed E-state index contributed by atoms with van der Waals surface area (Å²) in [6.07, 6.45) is 2.49. The Morgan fingerprint density at radius 1 is 1.14 bits per heavy atom. The number of benzene rings is 1.